The second-order valence-electron chi connectivity index (χ2n) is 7.27. The molecule has 0 saturated carbocycles. The number of esters is 1. The van der Waals surface area contributed by atoms with E-state index in [-0.39, 0.29) is 18.2 Å². The Morgan fingerprint density at radius 2 is 1.83 bits per heavy atom. The van der Waals surface area contributed by atoms with Gasteiger partial charge in [0.1, 0.15) is 6.61 Å². The summed E-state index contributed by atoms with van der Waals surface area (Å²) in [5.41, 5.74) is 2.45. The Kier molecular flexibility index (Phi) is 8.80. The van der Waals surface area contributed by atoms with E-state index in [2.05, 4.69) is 59.4 Å². The molecule has 180 valence electrons. The van der Waals surface area contributed by atoms with E-state index in [1.807, 2.05) is 37.3 Å². The molecule has 1 aliphatic rings. The molecule has 35 heavy (non-hydrogen) atoms. The predicted molar refractivity (Wildman–Crippen MR) is 154 cm³/mol. The quantitative estimate of drug-likeness (QED) is 0.138. The largest absolute Gasteiger partial charge is 0.490 e. The van der Waals surface area contributed by atoms with Crippen molar-refractivity contribution in [1.82, 2.24) is 0 Å². The molecule has 1 aliphatic heterocycles. The van der Waals surface area contributed by atoms with Crippen LogP contribution in [0.15, 0.2) is 68.2 Å². The molecule has 0 aromatic heterocycles. The molecule has 0 bridgehead atoms. The Morgan fingerprint density at radius 3 is 2.54 bits per heavy atom. The van der Waals surface area contributed by atoms with Crippen LogP contribution < -0.4 is 9.47 Å². The number of hydrogen-bond donors (Lipinski definition) is 0. The fourth-order valence-corrected chi connectivity index (χ4v) is 4.79. The summed E-state index contributed by atoms with van der Waals surface area (Å²) in [7, 11) is 0. The number of benzene rings is 3. The van der Waals surface area contributed by atoms with E-state index < -0.39 is 5.97 Å². The summed E-state index contributed by atoms with van der Waals surface area (Å²) in [6.45, 7) is 2.58. The third-order valence-electron chi connectivity index (χ3n) is 4.79. The molecule has 0 amide bonds. The topological polar surface area (TPSA) is 57.1 Å². The minimum atomic E-state index is -0.524. The predicted octanol–water partition coefficient (Wildman–Crippen LogP) is 8.45. The number of halogens is 5. The fraction of sp³-hybridized carbons (Fsp3) is 0.120. The average molecular weight is 752 g/mol. The normalized spacial score (nSPS) is 14.2. The van der Waals surface area contributed by atoms with Gasteiger partial charge >= 0.3 is 5.97 Å². The van der Waals surface area contributed by atoms with Crippen molar-refractivity contribution in [2.45, 2.75) is 13.5 Å². The van der Waals surface area contributed by atoms with Gasteiger partial charge in [-0.05, 0) is 121 Å². The molecule has 0 N–H and O–H groups in total. The van der Waals surface area contributed by atoms with E-state index in [9.17, 15) is 4.79 Å². The van der Waals surface area contributed by atoms with Crippen molar-refractivity contribution in [2.24, 2.45) is 4.99 Å². The van der Waals surface area contributed by atoms with Crippen LogP contribution in [-0.2, 0) is 16.1 Å². The van der Waals surface area contributed by atoms with Gasteiger partial charge in [0, 0.05) is 13.6 Å². The maximum atomic E-state index is 12.5. The lowest BCUT2D eigenvalue weighted by Crippen LogP contribution is -2.05. The standard InChI is InChI=1S/C25H16Br2Cl2INO4/c1-2-33-22-10-14(7-17(27)23(22)34-12-13-3-5-18(28)19(29)8-13)9-21-25(32)35-24(31-21)15-4-6-20(30)16(26)11-15/h3-11H,2,12H2,1H3/b21-9-. The third kappa shape index (κ3) is 6.40. The highest BCUT2D eigenvalue weighted by Crippen LogP contribution is 2.38. The first-order valence-electron chi connectivity index (χ1n) is 10.3. The molecule has 0 fully saturated rings. The lowest BCUT2D eigenvalue weighted by molar-refractivity contribution is -0.129. The van der Waals surface area contributed by atoms with Crippen molar-refractivity contribution in [3.8, 4) is 11.5 Å². The highest BCUT2D eigenvalue weighted by atomic mass is 127. The lowest BCUT2D eigenvalue weighted by atomic mass is 10.1. The first-order valence-corrected chi connectivity index (χ1v) is 13.7. The zero-order chi connectivity index (χ0) is 25.1. The number of rotatable bonds is 7. The van der Waals surface area contributed by atoms with Crippen LogP contribution in [-0.4, -0.2) is 18.5 Å². The Bertz CT molecular complexity index is 1380. The third-order valence-corrected chi connectivity index (χ3v) is 8.46. The highest BCUT2D eigenvalue weighted by Gasteiger charge is 2.25. The Morgan fingerprint density at radius 1 is 1.03 bits per heavy atom. The zero-order valence-corrected chi connectivity index (χ0v) is 24.9. The summed E-state index contributed by atoms with van der Waals surface area (Å²) in [5.74, 6) is 0.778. The second kappa shape index (κ2) is 11.6. The van der Waals surface area contributed by atoms with Gasteiger partial charge in [0.05, 0.1) is 21.1 Å². The second-order valence-corrected chi connectivity index (χ2v) is 11.0. The molecule has 1 heterocycles. The molecule has 3 aromatic carbocycles. The van der Waals surface area contributed by atoms with Crippen molar-refractivity contribution in [3.63, 3.8) is 0 Å². The molecule has 0 atom stereocenters. The van der Waals surface area contributed by atoms with E-state index >= 15 is 0 Å². The van der Waals surface area contributed by atoms with Crippen molar-refractivity contribution in [2.75, 3.05) is 6.61 Å². The molecule has 0 aliphatic carbocycles. The number of hydrogen-bond acceptors (Lipinski definition) is 5. The van der Waals surface area contributed by atoms with E-state index in [1.54, 1.807) is 24.3 Å². The molecular weight excluding hydrogens is 736 g/mol. The van der Waals surface area contributed by atoms with Crippen LogP contribution in [0.5, 0.6) is 11.5 Å². The summed E-state index contributed by atoms with van der Waals surface area (Å²) < 4.78 is 19.8. The number of nitrogens with zero attached hydrogens (tertiary/aromatic N) is 1. The molecule has 3 aromatic rings. The van der Waals surface area contributed by atoms with E-state index in [1.165, 1.54) is 0 Å². The van der Waals surface area contributed by atoms with E-state index in [0.717, 1.165) is 13.6 Å². The Balaban J connectivity index is 1.61. The monoisotopic (exact) mass is 749 g/mol. The Hall–Kier alpha value is -1.59. The van der Waals surface area contributed by atoms with Gasteiger partial charge in [-0.1, -0.05) is 29.3 Å². The van der Waals surface area contributed by atoms with Crippen molar-refractivity contribution >= 4 is 95.6 Å². The van der Waals surface area contributed by atoms with Gasteiger partial charge in [0.15, 0.2) is 17.2 Å². The molecule has 0 unspecified atom stereocenters. The van der Waals surface area contributed by atoms with E-state index in [4.69, 9.17) is 37.4 Å². The first kappa shape index (κ1) is 26.5. The van der Waals surface area contributed by atoms with Crippen molar-refractivity contribution in [3.05, 3.63) is 93.5 Å². The summed E-state index contributed by atoms with van der Waals surface area (Å²) in [6, 6.07) is 14.6. The highest BCUT2D eigenvalue weighted by molar-refractivity contribution is 14.1. The number of carbonyl (C=O) groups is 1. The van der Waals surface area contributed by atoms with Gasteiger partial charge in [0.2, 0.25) is 5.90 Å². The summed E-state index contributed by atoms with van der Waals surface area (Å²) in [6.07, 6.45) is 1.65. The van der Waals surface area contributed by atoms with Crippen LogP contribution in [0.2, 0.25) is 10.0 Å². The Labute approximate surface area is 242 Å². The molecular formula is C25H16Br2Cl2INO4. The van der Waals surface area contributed by atoms with Gasteiger partial charge in [-0.2, -0.15) is 0 Å². The van der Waals surface area contributed by atoms with Gasteiger partial charge in [-0.15, -0.1) is 0 Å². The minimum absolute atomic E-state index is 0.188. The maximum Gasteiger partial charge on any atom is 0.363 e. The zero-order valence-electron chi connectivity index (χ0n) is 18.1. The molecule has 4 rings (SSSR count). The van der Waals surface area contributed by atoms with Crippen LogP contribution >= 0.6 is 77.7 Å². The smallest absolute Gasteiger partial charge is 0.363 e. The molecule has 10 heteroatoms. The van der Waals surface area contributed by atoms with Crippen LogP contribution in [0.3, 0.4) is 0 Å². The first-order chi connectivity index (χ1) is 16.7. The molecule has 5 nitrogen and oxygen atoms in total. The molecule has 0 radical (unpaired) electrons. The maximum absolute atomic E-state index is 12.5. The SMILES string of the molecule is CCOc1cc(/C=C2\N=C(c3ccc(I)c(Br)c3)OC2=O)cc(Br)c1OCc1ccc(Cl)c(Cl)c1. The number of aliphatic imine (C=N–C) groups is 1. The van der Waals surface area contributed by atoms with E-state index in [0.29, 0.717) is 43.8 Å². The van der Waals surface area contributed by atoms with Crippen LogP contribution in [0.1, 0.15) is 23.6 Å². The number of carbonyl (C=O) groups excluding carboxylic acids is 1. The van der Waals surface area contributed by atoms with Crippen LogP contribution in [0.25, 0.3) is 6.08 Å². The number of cyclic esters (lactones) is 1. The van der Waals surface area contributed by atoms with Gasteiger partial charge in [-0.25, -0.2) is 9.79 Å². The number of ether oxygens (including phenoxy) is 3. The molecule has 0 saturated heterocycles. The molecule has 0 spiro atoms. The van der Waals surface area contributed by atoms with Gasteiger partial charge in [0.25, 0.3) is 0 Å². The fourth-order valence-electron chi connectivity index (χ4n) is 3.18. The van der Waals surface area contributed by atoms with Crippen LogP contribution in [0, 0.1) is 3.57 Å². The van der Waals surface area contributed by atoms with Crippen molar-refractivity contribution in [1.29, 1.82) is 0 Å². The average Bonchev–Trinajstić information content (AvgIpc) is 3.17. The summed E-state index contributed by atoms with van der Waals surface area (Å²) >= 11 is 21.4. The van der Waals surface area contributed by atoms with Crippen LogP contribution in [0.4, 0.5) is 0 Å². The van der Waals surface area contributed by atoms with Gasteiger partial charge < -0.3 is 14.2 Å². The minimum Gasteiger partial charge on any atom is -0.490 e. The van der Waals surface area contributed by atoms with Crippen molar-refractivity contribution < 1.29 is 19.0 Å². The van der Waals surface area contributed by atoms with Gasteiger partial charge in [-0.3, -0.25) is 0 Å². The lowest BCUT2D eigenvalue weighted by Gasteiger charge is -2.15. The summed E-state index contributed by atoms with van der Waals surface area (Å²) in [5, 5.41) is 0.940. The summed E-state index contributed by atoms with van der Waals surface area (Å²) in [4.78, 5) is 16.9.